The number of carbonyl (C=O) groups is 1. The Kier molecular flexibility index (Phi) is 5.41. The van der Waals surface area contributed by atoms with Gasteiger partial charge in [0, 0.05) is 19.7 Å². The van der Waals surface area contributed by atoms with Crippen molar-refractivity contribution in [2.45, 2.75) is 44.3 Å². The third-order valence-electron chi connectivity index (χ3n) is 3.67. The van der Waals surface area contributed by atoms with Crippen LogP contribution in [0.4, 0.5) is 0 Å². The smallest absolute Gasteiger partial charge is 0.225 e. The van der Waals surface area contributed by atoms with Crippen LogP contribution in [0, 0.1) is 0 Å². The Balaban J connectivity index is 1.66. The van der Waals surface area contributed by atoms with Gasteiger partial charge in [-0.05, 0) is 25.7 Å². The van der Waals surface area contributed by atoms with Crippen molar-refractivity contribution in [1.29, 1.82) is 0 Å². The first kappa shape index (κ1) is 13.8. The summed E-state index contributed by atoms with van der Waals surface area (Å²) < 4.78 is 11.0. The van der Waals surface area contributed by atoms with Crippen LogP contribution in [0.1, 0.15) is 32.1 Å². The van der Waals surface area contributed by atoms with Gasteiger partial charge in [-0.15, -0.1) is 0 Å². The molecule has 0 saturated carbocycles. The van der Waals surface area contributed by atoms with Gasteiger partial charge in [-0.25, -0.2) is 0 Å². The van der Waals surface area contributed by atoms with E-state index < -0.39 is 0 Å². The maximum absolute atomic E-state index is 12.0. The van der Waals surface area contributed by atoms with Gasteiger partial charge in [0.15, 0.2) is 0 Å². The molecular weight excluding hydrogens is 234 g/mol. The fourth-order valence-electron chi connectivity index (χ4n) is 2.62. The second kappa shape index (κ2) is 7.07. The Morgan fingerprint density at radius 3 is 2.72 bits per heavy atom. The number of piperidine rings is 1. The second-order valence-electron chi connectivity index (χ2n) is 5.01. The summed E-state index contributed by atoms with van der Waals surface area (Å²) in [5.41, 5.74) is 0. The van der Waals surface area contributed by atoms with Crippen molar-refractivity contribution in [2.24, 2.45) is 0 Å². The lowest BCUT2D eigenvalue weighted by Gasteiger charge is -2.32. The van der Waals surface area contributed by atoms with Crippen LogP contribution in [0.25, 0.3) is 0 Å². The Labute approximate surface area is 108 Å². The van der Waals surface area contributed by atoms with Crippen molar-refractivity contribution in [3.05, 3.63) is 0 Å². The predicted octanol–water partition coefficient (Wildman–Crippen LogP) is 0.555. The molecule has 2 heterocycles. The highest BCUT2D eigenvalue weighted by Crippen LogP contribution is 2.19. The van der Waals surface area contributed by atoms with Gasteiger partial charge in [0.05, 0.1) is 31.8 Å². The molecule has 0 aliphatic carbocycles. The molecule has 1 atom stereocenters. The summed E-state index contributed by atoms with van der Waals surface area (Å²) in [6, 6.07) is 0. The number of ether oxygens (including phenoxy) is 2. The number of rotatable bonds is 5. The van der Waals surface area contributed by atoms with E-state index in [1.165, 1.54) is 0 Å². The van der Waals surface area contributed by atoms with Gasteiger partial charge in [0.25, 0.3) is 0 Å². The van der Waals surface area contributed by atoms with Crippen LogP contribution in [0.5, 0.6) is 0 Å². The Hall–Kier alpha value is -0.650. The van der Waals surface area contributed by atoms with E-state index in [-0.39, 0.29) is 24.7 Å². The van der Waals surface area contributed by atoms with Gasteiger partial charge in [0.2, 0.25) is 5.91 Å². The summed E-state index contributed by atoms with van der Waals surface area (Å²) in [5.74, 6) is 0.211. The number of nitrogens with zero attached hydrogens (tertiary/aromatic N) is 1. The van der Waals surface area contributed by atoms with Crippen LogP contribution in [-0.4, -0.2) is 61.0 Å². The van der Waals surface area contributed by atoms with Crippen LogP contribution in [0.2, 0.25) is 0 Å². The lowest BCUT2D eigenvalue weighted by molar-refractivity contribution is -0.136. The number of hydrogen-bond donors (Lipinski definition) is 1. The van der Waals surface area contributed by atoms with Crippen LogP contribution >= 0.6 is 0 Å². The SMILES string of the molecule is O=C(CC1CCCO1)N1CCC(OCCO)CC1. The third-order valence-corrected chi connectivity index (χ3v) is 3.67. The van der Waals surface area contributed by atoms with Crippen molar-refractivity contribution < 1.29 is 19.4 Å². The maximum Gasteiger partial charge on any atom is 0.225 e. The molecule has 1 unspecified atom stereocenters. The van der Waals surface area contributed by atoms with Crippen molar-refractivity contribution in [3.8, 4) is 0 Å². The second-order valence-corrected chi connectivity index (χ2v) is 5.01. The Morgan fingerprint density at radius 2 is 2.11 bits per heavy atom. The zero-order chi connectivity index (χ0) is 12.8. The van der Waals surface area contributed by atoms with E-state index in [4.69, 9.17) is 14.6 Å². The van der Waals surface area contributed by atoms with Crippen molar-refractivity contribution in [1.82, 2.24) is 4.90 Å². The van der Waals surface area contributed by atoms with Crippen LogP contribution < -0.4 is 0 Å². The topological polar surface area (TPSA) is 59.0 Å². The monoisotopic (exact) mass is 257 g/mol. The molecular formula is C13H23NO4. The summed E-state index contributed by atoms with van der Waals surface area (Å²) in [4.78, 5) is 14.0. The van der Waals surface area contributed by atoms with Crippen LogP contribution in [-0.2, 0) is 14.3 Å². The quantitative estimate of drug-likeness (QED) is 0.781. The maximum atomic E-state index is 12.0. The molecule has 2 saturated heterocycles. The van der Waals surface area contributed by atoms with E-state index >= 15 is 0 Å². The highest BCUT2D eigenvalue weighted by atomic mass is 16.5. The molecule has 2 fully saturated rings. The molecule has 104 valence electrons. The average Bonchev–Trinajstić information content (AvgIpc) is 2.89. The molecule has 5 heteroatoms. The lowest BCUT2D eigenvalue weighted by Crippen LogP contribution is -2.42. The van der Waals surface area contributed by atoms with Gasteiger partial charge in [-0.3, -0.25) is 4.79 Å². The molecule has 0 aromatic rings. The number of hydrogen-bond acceptors (Lipinski definition) is 4. The molecule has 0 radical (unpaired) electrons. The first-order chi connectivity index (χ1) is 8.79. The first-order valence-corrected chi connectivity index (χ1v) is 6.91. The minimum atomic E-state index is 0.0676. The summed E-state index contributed by atoms with van der Waals surface area (Å²) >= 11 is 0. The van der Waals surface area contributed by atoms with Crippen molar-refractivity contribution in [3.63, 3.8) is 0 Å². The number of carbonyl (C=O) groups excluding carboxylic acids is 1. The van der Waals surface area contributed by atoms with Gasteiger partial charge >= 0.3 is 0 Å². The molecule has 18 heavy (non-hydrogen) atoms. The molecule has 0 aromatic heterocycles. The number of aliphatic hydroxyl groups excluding tert-OH is 1. The van der Waals surface area contributed by atoms with Crippen LogP contribution in [0.3, 0.4) is 0 Å². The fraction of sp³-hybridized carbons (Fsp3) is 0.923. The van der Waals surface area contributed by atoms with E-state index in [0.717, 1.165) is 45.4 Å². The zero-order valence-corrected chi connectivity index (χ0v) is 10.8. The Bertz CT molecular complexity index is 258. The largest absolute Gasteiger partial charge is 0.394 e. The highest BCUT2D eigenvalue weighted by molar-refractivity contribution is 5.76. The van der Waals surface area contributed by atoms with E-state index in [1.807, 2.05) is 4.90 Å². The summed E-state index contributed by atoms with van der Waals surface area (Å²) in [5, 5.41) is 8.69. The number of likely N-dealkylation sites (tertiary alicyclic amines) is 1. The van der Waals surface area contributed by atoms with Gasteiger partial charge in [0.1, 0.15) is 0 Å². The number of aliphatic hydroxyl groups is 1. The normalized spacial score (nSPS) is 25.6. The average molecular weight is 257 g/mol. The molecule has 0 spiro atoms. The van der Waals surface area contributed by atoms with E-state index in [2.05, 4.69) is 0 Å². The molecule has 5 nitrogen and oxygen atoms in total. The van der Waals surface area contributed by atoms with Gasteiger partial charge in [-0.1, -0.05) is 0 Å². The molecule has 2 rings (SSSR count). The third kappa shape index (κ3) is 3.93. The minimum absolute atomic E-state index is 0.0676. The summed E-state index contributed by atoms with van der Waals surface area (Å²) in [6.07, 6.45) is 4.71. The highest BCUT2D eigenvalue weighted by Gasteiger charge is 2.26. The molecule has 0 bridgehead atoms. The zero-order valence-electron chi connectivity index (χ0n) is 10.8. The van der Waals surface area contributed by atoms with E-state index in [0.29, 0.717) is 13.0 Å². The predicted molar refractivity (Wildman–Crippen MR) is 66.2 cm³/mol. The molecule has 2 aliphatic heterocycles. The minimum Gasteiger partial charge on any atom is -0.394 e. The van der Waals surface area contributed by atoms with Gasteiger partial charge < -0.3 is 19.5 Å². The summed E-state index contributed by atoms with van der Waals surface area (Å²) in [6.45, 7) is 2.80. The van der Waals surface area contributed by atoms with Gasteiger partial charge in [-0.2, -0.15) is 0 Å². The molecule has 1 amide bonds. The molecule has 2 aliphatic rings. The van der Waals surface area contributed by atoms with E-state index in [1.54, 1.807) is 0 Å². The molecule has 0 aromatic carbocycles. The van der Waals surface area contributed by atoms with Crippen molar-refractivity contribution in [2.75, 3.05) is 32.9 Å². The lowest BCUT2D eigenvalue weighted by atomic mass is 10.1. The standard InChI is InChI=1S/C13H23NO4/c15-7-9-18-11-3-5-14(6-4-11)13(16)10-12-2-1-8-17-12/h11-12,15H,1-10H2. The molecule has 1 N–H and O–H groups in total. The van der Waals surface area contributed by atoms with E-state index in [9.17, 15) is 4.79 Å². The summed E-state index contributed by atoms with van der Waals surface area (Å²) in [7, 11) is 0. The number of amides is 1. The van der Waals surface area contributed by atoms with Crippen molar-refractivity contribution >= 4 is 5.91 Å². The fourth-order valence-corrected chi connectivity index (χ4v) is 2.62. The first-order valence-electron chi connectivity index (χ1n) is 6.91. The Morgan fingerprint density at radius 1 is 1.33 bits per heavy atom. The van der Waals surface area contributed by atoms with Crippen LogP contribution in [0.15, 0.2) is 0 Å².